The molecule has 148 valence electrons. The summed E-state index contributed by atoms with van der Waals surface area (Å²) in [5.41, 5.74) is 11.4. The molecule has 0 radical (unpaired) electrons. The van der Waals surface area contributed by atoms with Crippen LogP contribution in [0.5, 0.6) is 0 Å². The largest absolute Gasteiger partial charge is 0.330 e. The Morgan fingerprint density at radius 1 is 0.560 bits per heavy atom. The summed E-state index contributed by atoms with van der Waals surface area (Å²) in [4.78, 5) is 5.54. The summed E-state index contributed by atoms with van der Waals surface area (Å²) in [7, 11) is 0. The summed E-state index contributed by atoms with van der Waals surface area (Å²) >= 11 is 0. The third kappa shape index (κ3) is 7.94. The molecule has 0 bridgehead atoms. The van der Waals surface area contributed by atoms with Gasteiger partial charge in [-0.25, -0.2) is 0 Å². The topological polar surface area (TPSA) is 58.5 Å². The molecule has 0 amide bonds. The Balaban J connectivity index is 1.81. The maximum Gasteiger partial charge on any atom is 0.00982 e. The van der Waals surface area contributed by atoms with E-state index < -0.39 is 0 Å². The zero-order chi connectivity index (χ0) is 17.7. The third-order valence-corrected chi connectivity index (χ3v) is 6.34. The first-order valence-electron chi connectivity index (χ1n) is 11.2. The minimum absolute atomic E-state index is 0.801. The summed E-state index contributed by atoms with van der Waals surface area (Å²) in [6.45, 7) is 6.41. The fourth-order valence-electron chi connectivity index (χ4n) is 4.93. The van der Waals surface area contributed by atoms with Gasteiger partial charge in [0.2, 0.25) is 0 Å². The summed E-state index contributed by atoms with van der Waals surface area (Å²) < 4.78 is 0. The zero-order valence-corrected chi connectivity index (χ0v) is 16.6. The fraction of sp³-hybridized carbons (Fsp3) is 1.00. The van der Waals surface area contributed by atoms with Crippen molar-refractivity contribution in [1.29, 1.82) is 0 Å². The van der Waals surface area contributed by atoms with E-state index in [1.54, 1.807) is 0 Å². The second-order valence-corrected chi connectivity index (χ2v) is 8.30. The number of hydrogen-bond donors (Lipinski definition) is 2. The van der Waals surface area contributed by atoms with Crippen LogP contribution in [0.2, 0.25) is 0 Å². The van der Waals surface area contributed by atoms with Crippen LogP contribution in [-0.4, -0.2) is 61.2 Å². The van der Waals surface area contributed by atoms with Gasteiger partial charge in [0.25, 0.3) is 0 Å². The lowest BCUT2D eigenvalue weighted by Gasteiger charge is -2.42. The van der Waals surface area contributed by atoms with E-state index >= 15 is 0 Å². The molecule has 0 spiro atoms. The van der Waals surface area contributed by atoms with E-state index in [1.165, 1.54) is 83.7 Å². The van der Waals surface area contributed by atoms with Gasteiger partial charge in [0.1, 0.15) is 0 Å². The van der Waals surface area contributed by atoms with Crippen molar-refractivity contribution in [2.24, 2.45) is 11.5 Å². The molecule has 4 heteroatoms. The molecule has 2 saturated carbocycles. The SMILES string of the molecule is NCCCN(CCCN)CCCN(C1CCCCC1)C1CCCCC1. The Hall–Kier alpha value is -0.160. The molecule has 0 aromatic carbocycles. The van der Waals surface area contributed by atoms with Gasteiger partial charge in [-0.15, -0.1) is 0 Å². The smallest absolute Gasteiger partial charge is 0.00982 e. The number of rotatable bonds is 12. The lowest BCUT2D eigenvalue weighted by molar-refractivity contribution is 0.0755. The molecule has 4 nitrogen and oxygen atoms in total. The molecule has 0 heterocycles. The minimum atomic E-state index is 0.801. The van der Waals surface area contributed by atoms with Crippen LogP contribution in [0.15, 0.2) is 0 Å². The van der Waals surface area contributed by atoms with Crippen molar-refractivity contribution in [3.8, 4) is 0 Å². The average Bonchev–Trinajstić information content (AvgIpc) is 2.68. The molecule has 0 aliphatic heterocycles. The lowest BCUT2D eigenvalue weighted by Crippen LogP contribution is -2.46. The van der Waals surface area contributed by atoms with E-state index in [9.17, 15) is 0 Å². The van der Waals surface area contributed by atoms with Crippen molar-refractivity contribution >= 4 is 0 Å². The fourth-order valence-corrected chi connectivity index (χ4v) is 4.93. The third-order valence-electron chi connectivity index (χ3n) is 6.34. The first-order valence-corrected chi connectivity index (χ1v) is 11.2. The summed E-state index contributed by atoms with van der Waals surface area (Å²) in [6.07, 6.45) is 18.0. The predicted octanol–water partition coefficient (Wildman–Crippen LogP) is 3.34. The molecule has 2 rings (SSSR count). The Bertz CT molecular complexity index is 285. The van der Waals surface area contributed by atoms with Crippen LogP contribution in [0, 0.1) is 0 Å². The molecule has 4 N–H and O–H groups in total. The zero-order valence-electron chi connectivity index (χ0n) is 16.6. The number of nitrogens with zero attached hydrogens (tertiary/aromatic N) is 2. The molecular formula is C21H44N4. The normalized spacial score (nSPS) is 20.6. The first kappa shape index (κ1) is 21.1. The van der Waals surface area contributed by atoms with E-state index in [4.69, 9.17) is 11.5 Å². The van der Waals surface area contributed by atoms with Gasteiger partial charge in [0.15, 0.2) is 0 Å². The van der Waals surface area contributed by atoms with Crippen LogP contribution >= 0.6 is 0 Å². The van der Waals surface area contributed by atoms with Crippen molar-refractivity contribution in [3.05, 3.63) is 0 Å². The quantitative estimate of drug-likeness (QED) is 0.565. The van der Waals surface area contributed by atoms with Crippen LogP contribution in [0.1, 0.15) is 83.5 Å². The molecule has 0 atom stereocenters. The van der Waals surface area contributed by atoms with Crippen LogP contribution in [0.3, 0.4) is 0 Å². The second kappa shape index (κ2) is 13.1. The predicted molar refractivity (Wildman–Crippen MR) is 109 cm³/mol. The van der Waals surface area contributed by atoms with Crippen molar-refractivity contribution in [2.45, 2.75) is 95.6 Å². The highest BCUT2D eigenvalue weighted by Gasteiger charge is 2.28. The van der Waals surface area contributed by atoms with Gasteiger partial charge in [0, 0.05) is 12.1 Å². The van der Waals surface area contributed by atoms with Crippen LogP contribution < -0.4 is 11.5 Å². The average molecular weight is 353 g/mol. The van der Waals surface area contributed by atoms with Crippen molar-refractivity contribution in [3.63, 3.8) is 0 Å². The number of hydrogen-bond acceptors (Lipinski definition) is 4. The van der Waals surface area contributed by atoms with Gasteiger partial charge >= 0.3 is 0 Å². The summed E-state index contributed by atoms with van der Waals surface area (Å²) in [6, 6.07) is 1.75. The summed E-state index contributed by atoms with van der Waals surface area (Å²) in [5, 5.41) is 0. The standard InChI is InChI=1S/C21H44N4/c22-14-7-16-24(17-8-15-23)18-9-19-25(20-10-3-1-4-11-20)21-12-5-2-6-13-21/h20-21H,1-19,22-23H2. The van der Waals surface area contributed by atoms with Gasteiger partial charge in [0.05, 0.1) is 0 Å². The van der Waals surface area contributed by atoms with Crippen molar-refractivity contribution < 1.29 is 0 Å². The van der Waals surface area contributed by atoms with Crippen molar-refractivity contribution in [2.75, 3.05) is 39.3 Å². The molecule has 25 heavy (non-hydrogen) atoms. The molecule has 2 aliphatic rings. The maximum absolute atomic E-state index is 5.72. The van der Waals surface area contributed by atoms with Gasteiger partial charge in [-0.1, -0.05) is 38.5 Å². The number of nitrogens with two attached hydrogens (primary N) is 2. The molecule has 0 unspecified atom stereocenters. The maximum atomic E-state index is 5.72. The highest BCUT2D eigenvalue weighted by atomic mass is 15.2. The second-order valence-electron chi connectivity index (χ2n) is 8.30. The molecular weight excluding hydrogens is 308 g/mol. The lowest BCUT2D eigenvalue weighted by atomic mass is 9.88. The molecule has 0 saturated heterocycles. The molecule has 2 aliphatic carbocycles. The van der Waals surface area contributed by atoms with E-state index in [2.05, 4.69) is 9.80 Å². The van der Waals surface area contributed by atoms with Crippen LogP contribution in [0.4, 0.5) is 0 Å². The summed E-state index contributed by atoms with van der Waals surface area (Å²) in [5.74, 6) is 0. The molecule has 0 aromatic heterocycles. The molecule has 2 fully saturated rings. The van der Waals surface area contributed by atoms with Gasteiger partial charge < -0.3 is 16.4 Å². The monoisotopic (exact) mass is 352 g/mol. The van der Waals surface area contributed by atoms with E-state index in [1.807, 2.05) is 0 Å². The van der Waals surface area contributed by atoms with Crippen LogP contribution in [-0.2, 0) is 0 Å². The Labute approximate surface area is 156 Å². The van der Waals surface area contributed by atoms with Gasteiger partial charge in [-0.05, 0) is 84.2 Å². The molecule has 0 aromatic rings. The first-order chi connectivity index (χ1) is 12.3. The van der Waals surface area contributed by atoms with Crippen molar-refractivity contribution in [1.82, 2.24) is 9.80 Å². The Morgan fingerprint density at radius 3 is 1.44 bits per heavy atom. The Kier molecular flexibility index (Phi) is 11.1. The van der Waals surface area contributed by atoms with Gasteiger partial charge in [-0.2, -0.15) is 0 Å². The van der Waals surface area contributed by atoms with Gasteiger partial charge in [-0.3, -0.25) is 4.90 Å². The Morgan fingerprint density at radius 2 is 1.00 bits per heavy atom. The van der Waals surface area contributed by atoms with E-state index in [0.717, 1.165) is 51.1 Å². The highest BCUT2D eigenvalue weighted by Crippen LogP contribution is 2.30. The highest BCUT2D eigenvalue weighted by molar-refractivity contribution is 4.84. The van der Waals surface area contributed by atoms with Crippen LogP contribution in [0.25, 0.3) is 0 Å². The minimum Gasteiger partial charge on any atom is -0.330 e. The van der Waals surface area contributed by atoms with E-state index in [-0.39, 0.29) is 0 Å². The van der Waals surface area contributed by atoms with E-state index in [0.29, 0.717) is 0 Å².